The fraction of sp³-hybridized carbons (Fsp3) is 0.455. The molecule has 0 saturated carbocycles. The predicted octanol–water partition coefficient (Wildman–Crippen LogP) is 1.59. The van der Waals surface area contributed by atoms with Crippen LogP contribution in [0.2, 0.25) is 0 Å². The summed E-state index contributed by atoms with van der Waals surface area (Å²) < 4.78 is 17.8. The summed E-state index contributed by atoms with van der Waals surface area (Å²) in [6, 6.07) is 2.72. The average molecular weight is 224 g/mol. The first-order valence-electron chi connectivity index (χ1n) is 5.26. The van der Waals surface area contributed by atoms with E-state index < -0.39 is 5.82 Å². The van der Waals surface area contributed by atoms with Gasteiger partial charge in [0.05, 0.1) is 6.20 Å². The van der Waals surface area contributed by atoms with Crippen molar-refractivity contribution >= 4 is 11.7 Å². The highest BCUT2D eigenvalue weighted by molar-refractivity contribution is 5.91. The zero-order valence-corrected chi connectivity index (χ0v) is 8.78. The molecule has 1 aromatic rings. The summed E-state index contributed by atoms with van der Waals surface area (Å²) in [6.07, 6.45) is 2.54. The zero-order chi connectivity index (χ0) is 11.4. The highest BCUT2D eigenvalue weighted by atomic mass is 19.1. The van der Waals surface area contributed by atoms with Gasteiger partial charge in [0.2, 0.25) is 5.91 Å². The third-order valence-electron chi connectivity index (χ3n) is 2.57. The smallest absolute Gasteiger partial charge is 0.228 e. The van der Waals surface area contributed by atoms with E-state index in [9.17, 15) is 9.18 Å². The average Bonchev–Trinajstić information content (AvgIpc) is 2.33. The van der Waals surface area contributed by atoms with Crippen LogP contribution in [-0.2, 0) is 9.53 Å². The van der Waals surface area contributed by atoms with Crippen LogP contribution in [0.3, 0.4) is 0 Å². The van der Waals surface area contributed by atoms with E-state index in [1.54, 1.807) is 0 Å². The molecule has 1 saturated heterocycles. The van der Waals surface area contributed by atoms with Gasteiger partial charge >= 0.3 is 0 Å². The lowest BCUT2D eigenvalue weighted by Gasteiger charge is -2.20. The van der Waals surface area contributed by atoms with E-state index in [1.807, 2.05) is 0 Å². The number of nitrogens with one attached hydrogen (secondary N) is 1. The van der Waals surface area contributed by atoms with Gasteiger partial charge < -0.3 is 10.1 Å². The van der Waals surface area contributed by atoms with Crippen molar-refractivity contribution < 1.29 is 13.9 Å². The van der Waals surface area contributed by atoms with E-state index in [0.29, 0.717) is 19.0 Å². The summed E-state index contributed by atoms with van der Waals surface area (Å²) in [5, 5.41) is 2.67. The molecule has 0 radical (unpaired) electrons. The molecule has 1 N–H and O–H groups in total. The van der Waals surface area contributed by atoms with E-state index >= 15 is 0 Å². The molecule has 0 bridgehead atoms. The molecule has 0 aromatic carbocycles. The normalized spacial score (nSPS) is 17.1. The Morgan fingerprint density at radius 1 is 1.44 bits per heavy atom. The molecule has 16 heavy (non-hydrogen) atoms. The number of carbonyl (C=O) groups is 1. The predicted molar refractivity (Wildman–Crippen MR) is 56.4 cm³/mol. The Morgan fingerprint density at radius 3 is 2.81 bits per heavy atom. The van der Waals surface area contributed by atoms with Crippen LogP contribution in [0.15, 0.2) is 18.3 Å². The van der Waals surface area contributed by atoms with Gasteiger partial charge in [0, 0.05) is 19.1 Å². The Kier molecular flexibility index (Phi) is 3.46. The topological polar surface area (TPSA) is 51.2 Å². The first-order chi connectivity index (χ1) is 7.75. The molecule has 0 spiro atoms. The first kappa shape index (κ1) is 11.0. The maximum Gasteiger partial charge on any atom is 0.228 e. The zero-order valence-electron chi connectivity index (χ0n) is 8.78. The standard InChI is InChI=1S/C11H13FN2O2/c12-9-1-2-10(13-7-9)14-11(15)8-3-5-16-6-4-8/h1-2,7-8H,3-6H2,(H,13,14,15). The minimum Gasteiger partial charge on any atom is -0.381 e. The highest BCUT2D eigenvalue weighted by Gasteiger charge is 2.21. The number of rotatable bonds is 2. The SMILES string of the molecule is O=C(Nc1ccc(F)cn1)C1CCOCC1. The number of anilines is 1. The van der Waals surface area contributed by atoms with Crippen LogP contribution in [0.5, 0.6) is 0 Å². The Balaban J connectivity index is 1.93. The fourth-order valence-corrected chi connectivity index (χ4v) is 1.64. The molecule has 0 aliphatic carbocycles. The lowest BCUT2D eigenvalue weighted by atomic mass is 9.99. The van der Waals surface area contributed by atoms with E-state index in [4.69, 9.17) is 4.74 Å². The van der Waals surface area contributed by atoms with E-state index in [1.165, 1.54) is 12.1 Å². The minimum atomic E-state index is -0.413. The number of halogens is 1. The van der Waals surface area contributed by atoms with Crippen LogP contribution in [0.25, 0.3) is 0 Å². The van der Waals surface area contributed by atoms with Gasteiger partial charge in [-0.15, -0.1) is 0 Å². The summed E-state index contributed by atoms with van der Waals surface area (Å²) in [5.74, 6) is -0.120. The van der Waals surface area contributed by atoms with Gasteiger partial charge in [0.15, 0.2) is 0 Å². The molecule has 0 atom stereocenters. The summed E-state index contributed by atoms with van der Waals surface area (Å²) in [6.45, 7) is 1.24. The van der Waals surface area contributed by atoms with Crippen molar-refractivity contribution in [3.63, 3.8) is 0 Å². The molecule has 1 aromatic heterocycles. The fourth-order valence-electron chi connectivity index (χ4n) is 1.64. The third kappa shape index (κ3) is 2.76. The molecule has 4 nitrogen and oxygen atoms in total. The van der Waals surface area contributed by atoms with E-state index in [2.05, 4.69) is 10.3 Å². The second-order valence-corrected chi connectivity index (χ2v) is 3.74. The number of hydrogen-bond donors (Lipinski definition) is 1. The third-order valence-corrected chi connectivity index (χ3v) is 2.57. The van der Waals surface area contributed by atoms with Gasteiger partial charge in [0.25, 0.3) is 0 Å². The molecule has 1 amide bonds. The molecule has 1 aliphatic rings. The Morgan fingerprint density at radius 2 is 2.19 bits per heavy atom. The Bertz CT molecular complexity index is 361. The highest BCUT2D eigenvalue weighted by Crippen LogP contribution is 2.16. The lowest BCUT2D eigenvalue weighted by molar-refractivity contribution is -0.122. The van der Waals surface area contributed by atoms with Gasteiger partial charge in [-0.1, -0.05) is 0 Å². The molecule has 0 unspecified atom stereocenters. The summed E-state index contributed by atoms with van der Waals surface area (Å²) in [7, 11) is 0. The second kappa shape index (κ2) is 5.03. The van der Waals surface area contributed by atoms with Crippen molar-refractivity contribution in [2.45, 2.75) is 12.8 Å². The number of carbonyl (C=O) groups excluding carboxylic acids is 1. The quantitative estimate of drug-likeness (QED) is 0.829. The molecule has 1 aliphatic heterocycles. The maximum atomic E-state index is 12.6. The van der Waals surface area contributed by atoms with Gasteiger partial charge in [-0.05, 0) is 25.0 Å². The largest absolute Gasteiger partial charge is 0.381 e. The van der Waals surface area contributed by atoms with Crippen LogP contribution < -0.4 is 5.32 Å². The van der Waals surface area contributed by atoms with E-state index in [0.717, 1.165) is 19.0 Å². The number of pyridine rings is 1. The Hall–Kier alpha value is -1.49. The van der Waals surface area contributed by atoms with Crippen molar-refractivity contribution in [3.8, 4) is 0 Å². The number of hydrogen-bond acceptors (Lipinski definition) is 3. The molecular weight excluding hydrogens is 211 g/mol. The van der Waals surface area contributed by atoms with Gasteiger partial charge in [-0.2, -0.15) is 0 Å². The van der Waals surface area contributed by atoms with Crippen LogP contribution in [-0.4, -0.2) is 24.1 Å². The van der Waals surface area contributed by atoms with Crippen LogP contribution in [0.1, 0.15) is 12.8 Å². The molecule has 1 fully saturated rings. The molecule has 2 rings (SSSR count). The molecule has 86 valence electrons. The van der Waals surface area contributed by atoms with Crippen LogP contribution in [0.4, 0.5) is 10.2 Å². The number of amides is 1. The number of nitrogens with zero attached hydrogens (tertiary/aromatic N) is 1. The van der Waals surface area contributed by atoms with Crippen molar-refractivity contribution in [3.05, 3.63) is 24.1 Å². The van der Waals surface area contributed by atoms with Crippen LogP contribution >= 0.6 is 0 Å². The van der Waals surface area contributed by atoms with E-state index in [-0.39, 0.29) is 11.8 Å². The number of aromatic nitrogens is 1. The molecular formula is C11H13FN2O2. The van der Waals surface area contributed by atoms with Gasteiger partial charge in [-0.3, -0.25) is 4.79 Å². The van der Waals surface area contributed by atoms with Crippen molar-refractivity contribution in [2.24, 2.45) is 5.92 Å². The summed E-state index contributed by atoms with van der Waals surface area (Å²) >= 11 is 0. The summed E-state index contributed by atoms with van der Waals surface area (Å²) in [5.41, 5.74) is 0. The van der Waals surface area contributed by atoms with Gasteiger partial charge in [0.1, 0.15) is 11.6 Å². The minimum absolute atomic E-state index is 0.0272. The van der Waals surface area contributed by atoms with Crippen LogP contribution in [0, 0.1) is 11.7 Å². The monoisotopic (exact) mass is 224 g/mol. The van der Waals surface area contributed by atoms with Crippen molar-refractivity contribution in [2.75, 3.05) is 18.5 Å². The maximum absolute atomic E-state index is 12.6. The molecule has 5 heteroatoms. The first-order valence-corrected chi connectivity index (χ1v) is 5.26. The van der Waals surface area contributed by atoms with Crippen molar-refractivity contribution in [1.29, 1.82) is 0 Å². The lowest BCUT2D eigenvalue weighted by Crippen LogP contribution is -2.28. The second-order valence-electron chi connectivity index (χ2n) is 3.74. The van der Waals surface area contributed by atoms with Gasteiger partial charge in [-0.25, -0.2) is 9.37 Å². The van der Waals surface area contributed by atoms with Crippen molar-refractivity contribution in [1.82, 2.24) is 4.98 Å². The Labute approximate surface area is 92.8 Å². The number of ether oxygens (including phenoxy) is 1. The summed E-state index contributed by atoms with van der Waals surface area (Å²) in [4.78, 5) is 15.5. The molecule has 2 heterocycles.